The number of halogens is 2. The van der Waals surface area contributed by atoms with Gasteiger partial charge in [-0.25, -0.2) is 12.7 Å². The minimum absolute atomic E-state index is 0.00582. The Balaban J connectivity index is 1.44. The maximum absolute atomic E-state index is 12.7. The predicted molar refractivity (Wildman–Crippen MR) is 117 cm³/mol. The molecule has 1 heterocycles. The fraction of sp³-hybridized carbons (Fsp3) is 0.381. The lowest BCUT2D eigenvalue weighted by atomic mass is 9.97. The number of carbonyl (C=O) groups excluding carboxylic acids is 1. The van der Waals surface area contributed by atoms with Crippen molar-refractivity contribution in [2.45, 2.75) is 25.0 Å². The van der Waals surface area contributed by atoms with Crippen molar-refractivity contribution in [2.75, 3.05) is 19.6 Å². The zero-order valence-electron chi connectivity index (χ0n) is 16.0. The van der Waals surface area contributed by atoms with E-state index in [2.05, 4.69) is 5.32 Å². The van der Waals surface area contributed by atoms with Crippen LogP contribution in [0.3, 0.4) is 0 Å². The van der Waals surface area contributed by atoms with Crippen LogP contribution in [-0.2, 0) is 27.0 Å². The van der Waals surface area contributed by atoms with Gasteiger partial charge >= 0.3 is 0 Å². The Morgan fingerprint density at radius 2 is 1.45 bits per heavy atom. The second kappa shape index (κ2) is 9.94. The lowest BCUT2D eigenvalue weighted by Crippen LogP contribution is -2.43. The first kappa shape index (κ1) is 22.1. The predicted octanol–water partition coefficient (Wildman–Crippen LogP) is 3.89. The van der Waals surface area contributed by atoms with Crippen LogP contribution in [0.4, 0.5) is 0 Å². The molecule has 1 aliphatic rings. The van der Waals surface area contributed by atoms with Crippen LogP contribution in [0.2, 0.25) is 10.0 Å². The van der Waals surface area contributed by atoms with Crippen LogP contribution >= 0.6 is 23.2 Å². The highest BCUT2D eigenvalue weighted by Gasteiger charge is 2.31. The molecule has 5 nitrogen and oxygen atoms in total. The number of nitrogens with zero attached hydrogens (tertiary/aromatic N) is 1. The number of piperidine rings is 1. The van der Waals surface area contributed by atoms with E-state index in [1.165, 1.54) is 4.31 Å². The molecule has 0 aromatic heterocycles. The molecule has 0 spiro atoms. The van der Waals surface area contributed by atoms with E-state index in [4.69, 9.17) is 23.2 Å². The third-order valence-corrected chi connectivity index (χ3v) is 7.46. The van der Waals surface area contributed by atoms with E-state index >= 15 is 0 Å². The van der Waals surface area contributed by atoms with Gasteiger partial charge in [-0.15, -0.1) is 0 Å². The zero-order chi connectivity index (χ0) is 20.9. The highest BCUT2D eigenvalue weighted by Crippen LogP contribution is 2.22. The summed E-state index contributed by atoms with van der Waals surface area (Å²) in [6, 6.07) is 14.4. The standard InChI is InChI=1S/C21H24Cl2N2O3S/c22-19-5-1-16(2-6-19)9-12-24-21(26)18-10-13-25(14-11-18)29(27,28)15-17-3-7-20(23)8-4-17/h1-8,18H,9-15H2,(H,24,26). The molecular formula is C21H24Cl2N2O3S. The molecule has 2 aromatic rings. The quantitative estimate of drug-likeness (QED) is 0.689. The molecule has 1 saturated heterocycles. The minimum atomic E-state index is -3.41. The summed E-state index contributed by atoms with van der Waals surface area (Å²) < 4.78 is 26.8. The van der Waals surface area contributed by atoms with Gasteiger partial charge in [0.05, 0.1) is 5.75 Å². The Bertz CT molecular complexity index is 923. The Kier molecular flexibility index (Phi) is 7.57. The van der Waals surface area contributed by atoms with Crippen molar-refractivity contribution >= 4 is 39.1 Å². The lowest BCUT2D eigenvalue weighted by molar-refractivity contribution is -0.126. The zero-order valence-corrected chi connectivity index (χ0v) is 18.3. The summed E-state index contributed by atoms with van der Waals surface area (Å²) in [5, 5.41) is 4.23. The molecule has 1 N–H and O–H groups in total. The molecule has 0 aliphatic carbocycles. The Morgan fingerprint density at radius 3 is 2.00 bits per heavy atom. The Morgan fingerprint density at radius 1 is 0.931 bits per heavy atom. The smallest absolute Gasteiger partial charge is 0.223 e. The van der Waals surface area contributed by atoms with Crippen molar-refractivity contribution in [2.24, 2.45) is 5.92 Å². The van der Waals surface area contributed by atoms with Gasteiger partial charge in [0, 0.05) is 35.6 Å². The number of rotatable bonds is 7. The molecule has 1 fully saturated rings. The Labute approximate surface area is 182 Å². The largest absolute Gasteiger partial charge is 0.356 e. The average molecular weight is 455 g/mol. The van der Waals surface area contributed by atoms with Crippen molar-refractivity contribution < 1.29 is 13.2 Å². The highest BCUT2D eigenvalue weighted by molar-refractivity contribution is 7.88. The maximum Gasteiger partial charge on any atom is 0.223 e. The fourth-order valence-corrected chi connectivity index (χ4v) is 5.22. The van der Waals surface area contributed by atoms with Crippen molar-refractivity contribution in [1.82, 2.24) is 9.62 Å². The summed E-state index contributed by atoms with van der Waals surface area (Å²) >= 11 is 11.7. The summed E-state index contributed by atoms with van der Waals surface area (Å²) in [5.41, 5.74) is 1.81. The highest BCUT2D eigenvalue weighted by atomic mass is 35.5. The number of benzene rings is 2. The van der Waals surface area contributed by atoms with Crippen molar-refractivity contribution in [3.05, 3.63) is 69.7 Å². The summed E-state index contributed by atoms with van der Waals surface area (Å²) in [6.45, 7) is 1.28. The molecule has 156 valence electrons. The van der Waals surface area contributed by atoms with E-state index in [9.17, 15) is 13.2 Å². The first-order valence-corrected chi connectivity index (χ1v) is 11.9. The monoisotopic (exact) mass is 454 g/mol. The average Bonchev–Trinajstić information content (AvgIpc) is 2.71. The minimum Gasteiger partial charge on any atom is -0.356 e. The van der Waals surface area contributed by atoms with E-state index in [1.54, 1.807) is 24.3 Å². The van der Waals surface area contributed by atoms with Crippen molar-refractivity contribution in [3.8, 4) is 0 Å². The summed E-state index contributed by atoms with van der Waals surface area (Å²) in [6.07, 6.45) is 1.80. The van der Waals surface area contributed by atoms with Crippen LogP contribution in [0, 0.1) is 5.92 Å². The van der Waals surface area contributed by atoms with Crippen LogP contribution < -0.4 is 5.32 Å². The lowest BCUT2D eigenvalue weighted by Gasteiger charge is -2.30. The van der Waals surface area contributed by atoms with E-state index in [0.717, 1.165) is 12.0 Å². The second-order valence-electron chi connectivity index (χ2n) is 7.22. The maximum atomic E-state index is 12.7. The van der Waals surface area contributed by atoms with Gasteiger partial charge in [-0.05, 0) is 54.7 Å². The third-order valence-electron chi connectivity index (χ3n) is 5.11. The number of hydrogen-bond acceptors (Lipinski definition) is 3. The molecule has 0 atom stereocenters. The number of carbonyl (C=O) groups is 1. The summed E-state index contributed by atoms with van der Waals surface area (Å²) in [5.74, 6) is -0.210. The number of nitrogens with one attached hydrogen (secondary N) is 1. The normalized spacial score (nSPS) is 15.9. The molecule has 0 unspecified atom stereocenters. The van der Waals surface area contributed by atoms with E-state index in [0.29, 0.717) is 48.1 Å². The molecular weight excluding hydrogens is 431 g/mol. The number of sulfonamides is 1. The SMILES string of the molecule is O=C(NCCc1ccc(Cl)cc1)C1CCN(S(=O)(=O)Cc2ccc(Cl)cc2)CC1. The van der Waals surface area contributed by atoms with Crippen LogP contribution in [0.25, 0.3) is 0 Å². The Hall–Kier alpha value is -1.60. The number of hydrogen-bond donors (Lipinski definition) is 1. The molecule has 29 heavy (non-hydrogen) atoms. The van der Waals surface area contributed by atoms with E-state index in [-0.39, 0.29) is 17.6 Å². The second-order valence-corrected chi connectivity index (χ2v) is 10.1. The molecule has 8 heteroatoms. The van der Waals surface area contributed by atoms with Crippen LogP contribution in [0.15, 0.2) is 48.5 Å². The number of amides is 1. The molecule has 0 radical (unpaired) electrons. The van der Waals surface area contributed by atoms with E-state index in [1.807, 2.05) is 24.3 Å². The van der Waals surface area contributed by atoms with Gasteiger partial charge in [0.1, 0.15) is 0 Å². The fourth-order valence-electron chi connectivity index (χ4n) is 3.40. The molecule has 1 amide bonds. The molecule has 0 bridgehead atoms. The van der Waals surface area contributed by atoms with Gasteiger partial charge in [0.2, 0.25) is 15.9 Å². The molecule has 3 rings (SSSR count). The van der Waals surface area contributed by atoms with Crippen molar-refractivity contribution in [1.29, 1.82) is 0 Å². The van der Waals surface area contributed by atoms with Gasteiger partial charge in [0.25, 0.3) is 0 Å². The van der Waals surface area contributed by atoms with Gasteiger partial charge < -0.3 is 5.32 Å². The molecule has 1 aliphatic heterocycles. The van der Waals surface area contributed by atoms with Crippen molar-refractivity contribution in [3.63, 3.8) is 0 Å². The van der Waals surface area contributed by atoms with Gasteiger partial charge in [-0.2, -0.15) is 0 Å². The third kappa shape index (κ3) is 6.44. The topological polar surface area (TPSA) is 66.5 Å². The summed E-state index contributed by atoms with van der Waals surface area (Å²) in [4.78, 5) is 12.4. The van der Waals surface area contributed by atoms with Gasteiger partial charge in [0.15, 0.2) is 0 Å². The van der Waals surface area contributed by atoms with Crippen LogP contribution in [-0.4, -0.2) is 38.3 Å². The first-order chi connectivity index (χ1) is 13.8. The van der Waals surface area contributed by atoms with E-state index < -0.39 is 10.0 Å². The van der Waals surface area contributed by atoms with Gasteiger partial charge in [-0.1, -0.05) is 47.5 Å². The molecule has 2 aromatic carbocycles. The van der Waals surface area contributed by atoms with Gasteiger partial charge in [-0.3, -0.25) is 4.79 Å². The summed E-state index contributed by atoms with van der Waals surface area (Å²) in [7, 11) is -3.41. The molecule has 0 saturated carbocycles. The van der Waals surface area contributed by atoms with Crippen LogP contribution in [0.1, 0.15) is 24.0 Å². The van der Waals surface area contributed by atoms with Crippen LogP contribution in [0.5, 0.6) is 0 Å². The first-order valence-electron chi connectivity index (χ1n) is 9.58.